The van der Waals surface area contributed by atoms with Crippen LogP contribution < -0.4 is 11.1 Å². The number of nitrogens with two attached hydrogens (primary N) is 1. The number of nitrogens with one attached hydrogen (secondary N) is 1. The fourth-order valence-corrected chi connectivity index (χ4v) is 2.70. The van der Waals surface area contributed by atoms with Gasteiger partial charge in [-0.1, -0.05) is 32.9 Å². The summed E-state index contributed by atoms with van der Waals surface area (Å²) in [5.41, 5.74) is 9.08. The molecule has 1 aromatic heterocycles. The second-order valence-corrected chi connectivity index (χ2v) is 6.95. The van der Waals surface area contributed by atoms with Crippen LogP contribution >= 0.6 is 35.3 Å². The summed E-state index contributed by atoms with van der Waals surface area (Å²) in [6.07, 6.45) is 0. The van der Waals surface area contributed by atoms with Gasteiger partial charge in [0.2, 0.25) is 0 Å². The number of nitrogens with zero attached hydrogens (tertiary/aromatic N) is 2. The Morgan fingerprint density at radius 2 is 2.09 bits per heavy atom. The molecule has 3 N–H and O–H groups in total. The van der Waals surface area contributed by atoms with Crippen molar-refractivity contribution in [3.05, 3.63) is 45.9 Å². The molecule has 0 saturated carbocycles. The van der Waals surface area contributed by atoms with Gasteiger partial charge in [-0.2, -0.15) is 0 Å². The van der Waals surface area contributed by atoms with Crippen molar-refractivity contribution in [2.75, 3.05) is 5.32 Å². The summed E-state index contributed by atoms with van der Waals surface area (Å²) in [6, 6.07) is 8.03. The van der Waals surface area contributed by atoms with Gasteiger partial charge in [-0.3, -0.25) is 0 Å². The van der Waals surface area contributed by atoms with E-state index >= 15 is 0 Å². The van der Waals surface area contributed by atoms with E-state index in [1.54, 1.807) is 11.3 Å². The minimum atomic E-state index is 0. The Labute approximate surface area is 153 Å². The molecule has 0 spiro atoms. The summed E-state index contributed by atoms with van der Waals surface area (Å²) in [4.78, 5) is 8.94. The third kappa shape index (κ3) is 5.57. The maximum absolute atomic E-state index is 5.91. The number of aryl methyl sites for hydroxylation is 1. The SMILES string of the molecule is Cc1cccc(NC(N)=NCc2csc(C(C)(C)C)n2)c1.I. The van der Waals surface area contributed by atoms with Gasteiger partial charge in [-0.25, -0.2) is 9.98 Å². The molecule has 0 saturated heterocycles. The smallest absolute Gasteiger partial charge is 0.193 e. The zero-order chi connectivity index (χ0) is 15.5. The van der Waals surface area contributed by atoms with E-state index < -0.39 is 0 Å². The lowest BCUT2D eigenvalue weighted by molar-refractivity contribution is 0.583. The normalized spacial score (nSPS) is 11.9. The van der Waals surface area contributed by atoms with E-state index in [0.717, 1.165) is 16.4 Å². The minimum Gasteiger partial charge on any atom is -0.370 e. The topological polar surface area (TPSA) is 63.3 Å². The predicted octanol–water partition coefficient (Wildman–Crippen LogP) is 4.29. The Balaban J connectivity index is 0.00000242. The van der Waals surface area contributed by atoms with Crippen molar-refractivity contribution in [1.29, 1.82) is 0 Å². The Morgan fingerprint density at radius 1 is 1.36 bits per heavy atom. The van der Waals surface area contributed by atoms with Crippen LogP contribution in [0, 0.1) is 6.92 Å². The van der Waals surface area contributed by atoms with E-state index in [0.29, 0.717) is 12.5 Å². The average Bonchev–Trinajstić information content (AvgIpc) is 2.85. The standard InChI is InChI=1S/C16H22N4S.HI/c1-11-6-5-7-12(8-11)20-15(17)18-9-13-10-21-14(19-13)16(2,3)4;/h5-8,10H,9H2,1-4H3,(H3,17,18,20);1H. The van der Waals surface area contributed by atoms with Gasteiger partial charge in [0.25, 0.3) is 0 Å². The van der Waals surface area contributed by atoms with Crippen molar-refractivity contribution in [2.45, 2.75) is 39.7 Å². The molecular weight excluding hydrogens is 407 g/mol. The first-order valence-electron chi connectivity index (χ1n) is 6.93. The molecule has 120 valence electrons. The second kappa shape index (κ2) is 7.92. The molecule has 0 unspecified atom stereocenters. The molecule has 1 heterocycles. The minimum absolute atomic E-state index is 0. The van der Waals surface area contributed by atoms with E-state index in [2.05, 4.69) is 36.1 Å². The molecule has 0 aliphatic heterocycles. The molecule has 22 heavy (non-hydrogen) atoms. The van der Waals surface area contributed by atoms with E-state index in [1.807, 2.05) is 36.6 Å². The van der Waals surface area contributed by atoms with Crippen molar-refractivity contribution >= 4 is 47.0 Å². The lowest BCUT2D eigenvalue weighted by Crippen LogP contribution is -2.22. The van der Waals surface area contributed by atoms with Crippen molar-refractivity contribution in [3.63, 3.8) is 0 Å². The number of anilines is 1. The number of rotatable bonds is 3. The van der Waals surface area contributed by atoms with Gasteiger partial charge in [0.15, 0.2) is 5.96 Å². The first kappa shape index (κ1) is 18.9. The third-order valence-electron chi connectivity index (χ3n) is 2.90. The predicted molar refractivity (Wildman–Crippen MR) is 106 cm³/mol. The highest BCUT2D eigenvalue weighted by Gasteiger charge is 2.17. The molecule has 0 atom stereocenters. The molecular formula is C16H23IN4S. The monoisotopic (exact) mass is 430 g/mol. The average molecular weight is 430 g/mol. The van der Waals surface area contributed by atoms with Gasteiger partial charge in [0, 0.05) is 16.5 Å². The Bertz CT molecular complexity index is 644. The summed E-state index contributed by atoms with van der Waals surface area (Å²) >= 11 is 1.67. The van der Waals surface area contributed by atoms with Gasteiger partial charge in [0.1, 0.15) is 0 Å². The summed E-state index contributed by atoms with van der Waals surface area (Å²) in [5, 5.41) is 6.26. The van der Waals surface area contributed by atoms with Crippen LogP contribution in [0.2, 0.25) is 0 Å². The quantitative estimate of drug-likeness (QED) is 0.434. The van der Waals surface area contributed by atoms with E-state index in [-0.39, 0.29) is 29.4 Å². The molecule has 0 bridgehead atoms. The number of aliphatic imine (C=N–C) groups is 1. The maximum Gasteiger partial charge on any atom is 0.193 e. The molecule has 0 aliphatic carbocycles. The van der Waals surface area contributed by atoms with Crippen LogP contribution in [-0.4, -0.2) is 10.9 Å². The highest BCUT2D eigenvalue weighted by atomic mass is 127. The fourth-order valence-electron chi connectivity index (χ4n) is 1.80. The largest absolute Gasteiger partial charge is 0.370 e. The number of guanidine groups is 1. The van der Waals surface area contributed by atoms with Crippen LogP contribution in [0.25, 0.3) is 0 Å². The van der Waals surface area contributed by atoms with Gasteiger partial charge >= 0.3 is 0 Å². The molecule has 2 rings (SSSR count). The van der Waals surface area contributed by atoms with Crippen molar-refractivity contribution in [2.24, 2.45) is 10.7 Å². The number of halogens is 1. The van der Waals surface area contributed by atoms with Crippen LogP contribution in [0.5, 0.6) is 0 Å². The van der Waals surface area contributed by atoms with E-state index in [4.69, 9.17) is 5.73 Å². The number of benzene rings is 1. The molecule has 4 nitrogen and oxygen atoms in total. The molecule has 0 amide bonds. The molecule has 2 aromatic rings. The molecule has 0 aliphatic rings. The first-order valence-corrected chi connectivity index (χ1v) is 7.81. The summed E-state index contributed by atoms with van der Waals surface area (Å²) < 4.78 is 0. The second-order valence-electron chi connectivity index (χ2n) is 6.09. The number of thiazole rings is 1. The third-order valence-corrected chi connectivity index (χ3v) is 4.21. The van der Waals surface area contributed by atoms with Gasteiger partial charge in [-0.15, -0.1) is 35.3 Å². The molecule has 0 radical (unpaired) electrons. The lowest BCUT2D eigenvalue weighted by atomic mass is 9.98. The van der Waals surface area contributed by atoms with Crippen LogP contribution in [0.3, 0.4) is 0 Å². The Kier molecular flexibility index (Phi) is 6.80. The number of hydrogen-bond acceptors (Lipinski definition) is 3. The van der Waals surface area contributed by atoms with Crippen LogP contribution in [0.4, 0.5) is 5.69 Å². The highest BCUT2D eigenvalue weighted by molar-refractivity contribution is 14.0. The maximum atomic E-state index is 5.91. The van der Waals surface area contributed by atoms with Crippen molar-refractivity contribution in [1.82, 2.24) is 4.98 Å². The number of aromatic nitrogens is 1. The zero-order valence-corrected chi connectivity index (χ0v) is 16.5. The summed E-state index contributed by atoms with van der Waals surface area (Å²) in [6.45, 7) is 9.02. The molecule has 1 aromatic carbocycles. The fraction of sp³-hybridized carbons (Fsp3) is 0.375. The van der Waals surface area contributed by atoms with E-state index in [1.165, 1.54) is 5.56 Å². The molecule has 6 heteroatoms. The number of hydrogen-bond donors (Lipinski definition) is 2. The van der Waals surface area contributed by atoms with E-state index in [9.17, 15) is 0 Å². The molecule has 0 fully saturated rings. The van der Waals surface area contributed by atoms with Crippen LogP contribution in [-0.2, 0) is 12.0 Å². The van der Waals surface area contributed by atoms with Crippen LogP contribution in [0.1, 0.15) is 37.0 Å². The van der Waals surface area contributed by atoms with Gasteiger partial charge in [0.05, 0.1) is 17.2 Å². The van der Waals surface area contributed by atoms with Gasteiger partial charge < -0.3 is 11.1 Å². The van der Waals surface area contributed by atoms with Crippen molar-refractivity contribution < 1.29 is 0 Å². The zero-order valence-electron chi connectivity index (χ0n) is 13.4. The van der Waals surface area contributed by atoms with Gasteiger partial charge in [-0.05, 0) is 24.6 Å². The van der Waals surface area contributed by atoms with Crippen LogP contribution in [0.15, 0.2) is 34.6 Å². The summed E-state index contributed by atoms with van der Waals surface area (Å²) in [7, 11) is 0. The first-order chi connectivity index (χ1) is 9.84. The Morgan fingerprint density at radius 3 is 2.68 bits per heavy atom. The van der Waals surface area contributed by atoms with Crippen molar-refractivity contribution in [3.8, 4) is 0 Å². The summed E-state index contributed by atoms with van der Waals surface area (Å²) in [5.74, 6) is 0.408. The highest BCUT2D eigenvalue weighted by Crippen LogP contribution is 2.25. The lowest BCUT2D eigenvalue weighted by Gasteiger charge is -2.13. The Hall–Kier alpha value is -1.15.